The molecule has 0 unspecified atom stereocenters. The van der Waals surface area contributed by atoms with Gasteiger partial charge in [-0.05, 0) is 97.3 Å². The van der Waals surface area contributed by atoms with Crippen LogP contribution in [0, 0.1) is 11.6 Å². The highest BCUT2D eigenvalue weighted by atomic mass is 19.1. The van der Waals surface area contributed by atoms with Gasteiger partial charge in [0, 0.05) is 36.0 Å². The Bertz CT molecular complexity index is 1800. The Morgan fingerprint density at radius 2 is 1.72 bits per heavy atom. The first-order valence-corrected chi connectivity index (χ1v) is 15.0. The molecule has 2 amide bonds. The summed E-state index contributed by atoms with van der Waals surface area (Å²) in [4.78, 5) is 38.4. The van der Waals surface area contributed by atoms with Crippen molar-refractivity contribution < 1.29 is 18.4 Å². The molecule has 2 aromatic heterocycles. The molecule has 43 heavy (non-hydrogen) atoms. The molecule has 4 aliphatic rings. The van der Waals surface area contributed by atoms with Crippen molar-refractivity contribution in [3.8, 4) is 0 Å². The number of halogens is 2. The van der Waals surface area contributed by atoms with Crippen LogP contribution in [0.3, 0.4) is 0 Å². The standard InChI is InChI=1S/C34H31F2N5O2/c35-25-12-22(13-26(36)15-25)29-5-9-39-34(6-1-2-7-34)32(43)41(29)19-20-10-21-11-23-16-33(17-24(23)14-28(21)38-18-20)27-4-3-8-37-30(27)40-31(33)42/h3-4,8,10-15,18,29,39H,1-2,5-7,9,16-17,19H2,(H,37,40,42)/t29-,33-/m0/s1. The highest BCUT2D eigenvalue weighted by Gasteiger charge is 2.51. The summed E-state index contributed by atoms with van der Waals surface area (Å²) in [5.74, 6) is -0.710. The molecule has 2 fully saturated rings. The third-order valence-corrected chi connectivity index (χ3v) is 10.0. The molecule has 2 aromatic carbocycles. The molecule has 9 heteroatoms. The Balaban J connectivity index is 1.15. The van der Waals surface area contributed by atoms with Gasteiger partial charge < -0.3 is 15.5 Å². The van der Waals surface area contributed by atoms with E-state index in [1.54, 1.807) is 17.3 Å². The third-order valence-electron chi connectivity index (χ3n) is 10.0. The number of anilines is 1. The lowest BCUT2D eigenvalue weighted by Crippen LogP contribution is -2.54. The fourth-order valence-corrected chi connectivity index (χ4v) is 7.99. The van der Waals surface area contributed by atoms with Crippen molar-refractivity contribution in [2.75, 3.05) is 11.9 Å². The zero-order valence-electron chi connectivity index (χ0n) is 23.6. The second-order valence-electron chi connectivity index (χ2n) is 12.6. The highest BCUT2D eigenvalue weighted by Crippen LogP contribution is 2.47. The summed E-state index contributed by atoms with van der Waals surface area (Å²) in [7, 11) is 0. The molecule has 2 atom stereocenters. The maximum absolute atomic E-state index is 14.3. The van der Waals surface area contributed by atoms with Crippen molar-refractivity contribution in [3.63, 3.8) is 0 Å². The van der Waals surface area contributed by atoms with Crippen molar-refractivity contribution in [1.29, 1.82) is 0 Å². The van der Waals surface area contributed by atoms with E-state index in [4.69, 9.17) is 4.98 Å². The molecule has 2 aliphatic heterocycles. The molecule has 0 radical (unpaired) electrons. The lowest BCUT2D eigenvalue weighted by molar-refractivity contribution is -0.140. The van der Waals surface area contributed by atoms with Crippen LogP contribution in [-0.4, -0.2) is 38.8 Å². The van der Waals surface area contributed by atoms with E-state index in [-0.39, 0.29) is 18.4 Å². The SMILES string of the molecule is O=C1N(Cc2cnc3cc4c(cc3c2)C[C@@]2(C4)C(=O)Nc3ncccc32)[C@H](c2cc(F)cc(F)c2)CCNC12CCCC2. The first-order chi connectivity index (χ1) is 20.8. The normalized spacial score (nSPS) is 24.0. The van der Waals surface area contributed by atoms with E-state index in [2.05, 4.69) is 27.8 Å². The predicted octanol–water partition coefficient (Wildman–Crippen LogP) is 5.27. The Morgan fingerprint density at radius 1 is 0.953 bits per heavy atom. The highest BCUT2D eigenvalue weighted by molar-refractivity contribution is 6.06. The maximum Gasteiger partial charge on any atom is 0.243 e. The second-order valence-corrected chi connectivity index (χ2v) is 12.6. The van der Waals surface area contributed by atoms with E-state index in [0.717, 1.165) is 64.9 Å². The molecule has 7 nitrogen and oxygen atoms in total. The van der Waals surface area contributed by atoms with Gasteiger partial charge in [0.25, 0.3) is 0 Å². The number of amides is 2. The van der Waals surface area contributed by atoms with Crippen LogP contribution < -0.4 is 10.6 Å². The second kappa shape index (κ2) is 9.64. The molecule has 218 valence electrons. The molecule has 4 aromatic rings. The minimum absolute atomic E-state index is 0.0207. The monoisotopic (exact) mass is 579 g/mol. The zero-order chi connectivity index (χ0) is 29.3. The number of hydrogen-bond acceptors (Lipinski definition) is 5. The Kier molecular flexibility index (Phi) is 5.92. The molecular formula is C34H31F2N5O2. The molecule has 8 rings (SSSR count). The topological polar surface area (TPSA) is 87.2 Å². The minimum atomic E-state index is -0.666. The van der Waals surface area contributed by atoms with Gasteiger partial charge in [0.2, 0.25) is 11.8 Å². The average molecular weight is 580 g/mol. The summed E-state index contributed by atoms with van der Waals surface area (Å²) in [5, 5.41) is 7.41. The zero-order valence-corrected chi connectivity index (χ0v) is 23.6. The maximum atomic E-state index is 14.3. The lowest BCUT2D eigenvalue weighted by atomic mass is 9.79. The van der Waals surface area contributed by atoms with Gasteiger partial charge in [-0.25, -0.2) is 13.8 Å². The van der Waals surface area contributed by atoms with Crippen molar-refractivity contribution in [2.45, 2.75) is 68.5 Å². The van der Waals surface area contributed by atoms with Crippen molar-refractivity contribution in [1.82, 2.24) is 20.2 Å². The Morgan fingerprint density at radius 3 is 2.51 bits per heavy atom. The van der Waals surface area contributed by atoms with E-state index < -0.39 is 28.6 Å². The molecule has 2 spiro atoms. The van der Waals surface area contributed by atoms with Gasteiger partial charge >= 0.3 is 0 Å². The quantitative estimate of drug-likeness (QED) is 0.345. The largest absolute Gasteiger partial charge is 0.330 e. The van der Waals surface area contributed by atoms with Crippen LogP contribution >= 0.6 is 0 Å². The number of nitrogens with one attached hydrogen (secondary N) is 2. The number of pyridine rings is 2. The van der Waals surface area contributed by atoms with E-state index in [0.29, 0.717) is 37.2 Å². The summed E-state index contributed by atoms with van der Waals surface area (Å²) in [6, 6.07) is 13.1. The van der Waals surface area contributed by atoms with Crippen molar-refractivity contribution in [3.05, 3.63) is 100 Å². The van der Waals surface area contributed by atoms with Crippen LogP contribution in [0.1, 0.15) is 66.0 Å². The van der Waals surface area contributed by atoms with Crippen molar-refractivity contribution in [2.24, 2.45) is 0 Å². The van der Waals surface area contributed by atoms with Gasteiger partial charge in [0.15, 0.2) is 0 Å². The minimum Gasteiger partial charge on any atom is -0.330 e. The van der Waals surface area contributed by atoms with Crippen LogP contribution in [0.5, 0.6) is 0 Å². The van der Waals surface area contributed by atoms with Gasteiger partial charge in [-0.15, -0.1) is 0 Å². The van der Waals surface area contributed by atoms with Gasteiger partial charge in [-0.3, -0.25) is 14.6 Å². The summed E-state index contributed by atoms with van der Waals surface area (Å²) in [6.07, 6.45) is 8.64. The molecule has 4 heterocycles. The van der Waals surface area contributed by atoms with Gasteiger partial charge in [-0.2, -0.15) is 0 Å². The lowest BCUT2D eigenvalue weighted by Gasteiger charge is -2.36. The summed E-state index contributed by atoms with van der Waals surface area (Å²) < 4.78 is 28.7. The van der Waals surface area contributed by atoms with E-state index in [1.165, 1.54) is 12.1 Å². The van der Waals surface area contributed by atoms with Crippen LogP contribution in [0.15, 0.2) is 60.9 Å². The average Bonchev–Trinajstić information content (AvgIpc) is 3.66. The summed E-state index contributed by atoms with van der Waals surface area (Å²) >= 11 is 0. The number of aromatic nitrogens is 2. The molecule has 0 bridgehead atoms. The number of benzene rings is 2. The number of carbonyl (C=O) groups is 2. The van der Waals surface area contributed by atoms with Crippen LogP contribution in [-0.2, 0) is 34.4 Å². The molecule has 1 saturated heterocycles. The number of rotatable bonds is 3. The van der Waals surface area contributed by atoms with E-state index >= 15 is 0 Å². The smallest absolute Gasteiger partial charge is 0.243 e. The number of hydrogen-bond donors (Lipinski definition) is 2. The van der Waals surface area contributed by atoms with Crippen molar-refractivity contribution >= 4 is 28.5 Å². The summed E-state index contributed by atoms with van der Waals surface area (Å²) in [5.41, 5.74) is 3.96. The predicted molar refractivity (Wildman–Crippen MR) is 157 cm³/mol. The van der Waals surface area contributed by atoms with E-state index in [9.17, 15) is 18.4 Å². The Hall–Kier alpha value is -4.24. The van der Waals surface area contributed by atoms with Gasteiger partial charge in [-0.1, -0.05) is 18.9 Å². The van der Waals surface area contributed by atoms with Gasteiger partial charge in [0.05, 0.1) is 22.5 Å². The third kappa shape index (κ3) is 4.16. The molecule has 1 saturated carbocycles. The summed E-state index contributed by atoms with van der Waals surface area (Å²) in [6.45, 7) is 0.859. The first kappa shape index (κ1) is 26.4. The first-order valence-electron chi connectivity index (χ1n) is 15.0. The Labute approximate surface area is 247 Å². The van der Waals surface area contributed by atoms with Crippen LogP contribution in [0.2, 0.25) is 0 Å². The van der Waals surface area contributed by atoms with E-state index in [1.807, 2.05) is 18.2 Å². The van der Waals surface area contributed by atoms with Crippen LogP contribution in [0.4, 0.5) is 14.6 Å². The molecule has 2 N–H and O–H groups in total. The van der Waals surface area contributed by atoms with Gasteiger partial charge in [0.1, 0.15) is 17.5 Å². The fraction of sp³-hybridized carbons (Fsp3) is 0.353. The number of nitrogens with zero attached hydrogens (tertiary/aromatic N) is 3. The number of carbonyl (C=O) groups excluding carboxylic acids is 2. The van der Waals surface area contributed by atoms with Crippen LogP contribution in [0.25, 0.3) is 10.9 Å². The molecular weight excluding hydrogens is 548 g/mol. The number of fused-ring (bicyclic) bond motifs is 4. The molecule has 2 aliphatic carbocycles. The fourth-order valence-electron chi connectivity index (χ4n) is 7.99.